The molecule has 1 aromatic heterocycles. The van der Waals surface area contributed by atoms with Crippen molar-refractivity contribution in [2.45, 2.75) is 44.2 Å². The predicted octanol–water partition coefficient (Wildman–Crippen LogP) is 5.14. The van der Waals surface area contributed by atoms with E-state index in [4.69, 9.17) is 9.47 Å². The van der Waals surface area contributed by atoms with E-state index in [1.54, 1.807) is 25.2 Å². The van der Waals surface area contributed by atoms with E-state index in [0.29, 0.717) is 22.7 Å². The Labute approximate surface area is 204 Å². The fourth-order valence-corrected chi connectivity index (χ4v) is 5.14. The molecule has 0 spiro atoms. The van der Waals surface area contributed by atoms with E-state index >= 15 is 0 Å². The van der Waals surface area contributed by atoms with Gasteiger partial charge in [0.25, 0.3) is 0 Å². The van der Waals surface area contributed by atoms with E-state index in [-0.39, 0.29) is 24.3 Å². The van der Waals surface area contributed by atoms with Crippen molar-refractivity contribution >= 4 is 28.8 Å². The van der Waals surface area contributed by atoms with Crippen molar-refractivity contribution in [3.05, 3.63) is 76.5 Å². The molecule has 1 saturated carbocycles. The third kappa shape index (κ3) is 5.42. The topological polar surface area (TPSA) is 67.9 Å². The molecule has 2 aromatic carbocycles. The second kappa shape index (κ2) is 11.2. The summed E-state index contributed by atoms with van der Waals surface area (Å²) in [6.45, 7) is 0. The summed E-state index contributed by atoms with van der Waals surface area (Å²) in [6.07, 6.45) is 4.31. The quantitative estimate of drug-likeness (QED) is 0.462. The molecule has 4 rings (SSSR count). The number of amides is 2. The van der Waals surface area contributed by atoms with E-state index in [1.807, 2.05) is 60.0 Å². The van der Waals surface area contributed by atoms with Crippen LogP contribution in [0.4, 0.5) is 5.69 Å². The molecule has 1 N–H and O–H groups in total. The molecular weight excluding hydrogens is 448 g/mol. The standard InChI is InChI=1S/C27H30N2O4S/c1-32-21-15-13-19(14-16-21)26(27(31)28-20-8-3-4-9-20)29(23-11-5-6-12-24(23)33-2)25(30)18-22-10-7-17-34-22/h5-7,10-17,20,26H,3-4,8-9,18H2,1-2H3,(H,28,31). The Bertz CT molecular complexity index is 1090. The Balaban J connectivity index is 1.79. The van der Waals surface area contributed by atoms with Crippen molar-refractivity contribution in [2.75, 3.05) is 19.1 Å². The van der Waals surface area contributed by atoms with Crippen molar-refractivity contribution in [1.82, 2.24) is 5.32 Å². The number of para-hydroxylation sites is 2. The van der Waals surface area contributed by atoms with Gasteiger partial charge in [-0.25, -0.2) is 0 Å². The maximum atomic E-state index is 13.8. The number of carbonyl (C=O) groups excluding carboxylic acids is 2. The number of anilines is 1. The SMILES string of the molecule is COc1ccc(C(C(=O)NC2CCCC2)N(C(=O)Cc2cccs2)c2ccccc2OC)cc1. The highest BCUT2D eigenvalue weighted by Crippen LogP contribution is 2.36. The number of hydrogen-bond donors (Lipinski definition) is 1. The fraction of sp³-hybridized carbons (Fsp3) is 0.333. The normalized spacial score (nSPS) is 14.4. The number of hydrogen-bond acceptors (Lipinski definition) is 5. The van der Waals surface area contributed by atoms with E-state index in [0.717, 1.165) is 30.6 Å². The monoisotopic (exact) mass is 478 g/mol. The average molecular weight is 479 g/mol. The molecule has 2 amide bonds. The molecule has 1 fully saturated rings. The summed E-state index contributed by atoms with van der Waals surface area (Å²) >= 11 is 1.52. The van der Waals surface area contributed by atoms with Crippen molar-refractivity contribution in [2.24, 2.45) is 0 Å². The zero-order valence-electron chi connectivity index (χ0n) is 19.5. The van der Waals surface area contributed by atoms with Crippen LogP contribution in [-0.4, -0.2) is 32.1 Å². The van der Waals surface area contributed by atoms with Crippen LogP contribution in [0.5, 0.6) is 11.5 Å². The first-order chi connectivity index (χ1) is 16.6. The van der Waals surface area contributed by atoms with Crippen LogP contribution in [0.25, 0.3) is 0 Å². The van der Waals surface area contributed by atoms with Gasteiger partial charge in [0.15, 0.2) is 0 Å². The minimum absolute atomic E-state index is 0.125. The van der Waals surface area contributed by atoms with Gasteiger partial charge in [0, 0.05) is 10.9 Å². The number of methoxy groups -OCH3 is 2. The highest BCUT2D eigenvalue weighted by atomic mass is 32.1. The highest BCUT2D eigenvalue weighted by molar-refractivity contribution is 7.10. The molecule has 1 aliphatic rings. The molecule has 3 aromatic rings. The third-order valence-electron chi connectivity index (χ3n) is 6.16. The summed E-state index contributed by atoms with van der Waals surface area (Å²) in [5, 5.41) is 5.15. The largest absolute Gasteiger partial charge is 0.497 e. The summed E-state index contributed by atoms with van der Waals surface area (Å²) in [5.74, 6) is 0.860. The van der Waals surface area contributed by atoms with Crippen molar-refractivity contribution < 1.29 is 19.1 Å². The Morgan fingerprint density at radius 3 is 2.38 bits per heavy atom. The lowest BCUT2D eigenvalue weighted by molar-refractivity contribution is -0.127. The molecule has 178 valence electrons. The summed E-state index contributed by atoms with van der Waals surface area (Å²) in [5.41, 5.74) is 1.27. The minimum Gasteiger partial charge on any atom is -0.497 e. The first kappa shape index (κ1) is 23.8. The maximum absolute atomic E-state index is 13.8. The van der Waals surface area contributed by atoms with Gasteiger partial charge in [-0.1, -0.05) is 43.2 Å². The zero-order valence-corrected chi connectivity index (χ0v) is 20.3. The number of nitrogens with one attached hydrogen (secondary N) is 1. The van der Waals surface area contributed by atoms with Crippen LogP contribution in [0.15, 0.2) is 66.0 Å². The summed E-state index contributed by atoms with van der Waals surface area (Å²) in [7, 11) is 3.17. The van der Waals surface area contributed by atoms with E-state index < -0.39 is 6.04 Å². The lowest BCUT2D eigenvalue weighted by Crippen LogP contribution is -2.47. The smallest absolute Gasteiger partial charge is 0.248 e. The number of rotatable bonds is 9. The van der Waals surface area contributed by atoms with Gasteiger partial charge in [-0.3, -0.25) is 14.5 Å². The predicted molar refractivity (Wildman–Crippen MR) is 135 cm³/mol. The Hall–Kier alpha value is -3.32. The number of nitrogens with zero attached hydrogens (tertiary/aromatic N) is 1. The van der Waals surface area contributed by atoms with Gasteiger partial charge in [0.05, 0.1) is 26.3 Å². The second-order valence-corrected chi connectivity index (χ2v) is 9.39. The third-order valence-corrected chi connectivity index (χ3v) is 7.03. The van der Waals surface area contributed by atoms with Crippen LogP contribution in [0, 0.1) is 0 Å². The van der Waals surface area contributed by atoms with E-state index in [9.17, 15) is 9.59 Å². The average Bonchev–Trinajstić information content (AvgIpc) is 3.57. The number of thiophene rings is 1. The van der Waals surface area contributed by atoms with Crippen LogP contribution in [0.2, 0.25) is 0 Å². The molecule has 7 heteroatoms. The molecule has 1 atom stereocenters. The second-order valence-electron chi connectivity index (χ2n) is 8.36. The van der Waals surface area contributed by atoms with Gasteiger partial charge < -0.3 is 14.8 Å². The number of carbonyl (C=O) groups is 2. The lowest BCUT2D eigenvalue weighted by atomic mass is 10.0. The van der Waals surface area contributed by atoms with Gasteiger partial charge >= 0.3 is 0 Å². The maximum Gasteiger partial charge on any atom is 0.248 e. The molecule has 0 aliphatic heterocycles. The Morgan fingerprint density at radius 2 is 1.74 bits per heavy atom. The van der Waals surface area contributed by atoms with Gasteiger partial charge in [-0.15, -0.1) is 11.3 Å². The highest BCUT2D eigenvalue weighted by Gasteiger charge is 2.35. The van der Waals surface area contributed by atoms with Gasteiger partial charge in [-0.05, 0) is 54.1 Å². The van der Waals surface area contributed by atoms with Crippen LogP contribution in [0.1, 0.15) is 42.2 Å². The zero-order chi connectivity index (χ0) is 23.9. The van der Waals surface area contributed by atoms with Crippen LogP contribution >= 0.6 is 11.3 Å². The van der Waals surface area contributed by atoms with Crippen molar-refractivity contribution in [3.63, 3.8) is 0 Å². The molecule has 0 bridgehead atoms. The first-order valence-corrected chi connectivity index (χ1v) is 12.4. The fourth-order valence-electron chi connectivity index (χ4n) is 4.45. The van der Waals surface area contributed by atoms with E-state index in [2.05, 4.69) is 5.32 Å². The van der Waals surface area contributed by atoms with Crippen molar-refractivity contribution in [1.29, 1.82) is 0 Å². The number of ether oxygens (including phenoxy) is 2. The van der Waals surface area contributed by atoms with Crippen LogP contribution in [0.3, 0.4) is 0 Å². The van der Waals surface area contributed by atoms with Gasteiger partial charge in [-0.2, -0.15) is 0 Å². The minimum atomic E-state index is -0.852. The Kier molecular flexibility index (Phi) is 7.85. The molecular formula is C27H30N2O4S. The lowest BCUT2D eigenvalue weighted by Gasteiger charge is -2.33. The summed E-state index contributed by atoms with van der Waals surface area (Å²) in [4.78, 5) is 30.2. The van der Waals surface area contributed by atoms with Gasteiger partial charge in [0.1, 0.15) is 17.5 Å². The molecule has 0 radical (unpaired) electrons. The number of benzene rings is 2. The molecule has 1 unspecified atom stereocenters. The summed E-state index contributed by atoms with van der Waals surface area (Å²) < 4.78 is 10.9. The van der Waals surface area contributed by atoms with Gasteiger partial charge in [0.2, 0.25) is 11.8 Å². The van der Waals surface area contributed by atoms with Crippen molar-refractivity contribution in [3.8, 4) is 11.5 Å². The molecule has 0 saturated heterocycles. The van der Waals surface area contributed by atoms with Crippen LogP contribution < -0.4 is 19.7 Å². The van der Waals surface area contributed by atoms with Crippen LogP contribution in [-0.2, 0) is 16.0 Å². The summed E-state index contributed by atoms with van der Waals surface area (Å²) in [6, 6.07) is 17.8. The molecule has 34 heavy (non-hydrogen) atoms. The first-order valence-electron chi connectivity index (χ1n) is 11.5. The molecule has 6 nitrogen and oxygen atoms in total. The molecule has 1 heterocycles. The van der Waals surface area contributed by atoms with E-state index in [1.165, 1.54) is 11.3 Å². The molecule has 1 aliphatic carbocycles. The Morgan fingerprint density at radius 1 is 1.00 bits per heavy atom.